The van der Waals surface area contributed by atoms with E-state index in [9.17, 15) is 20.1 Å². The number of hydrogen-bond donors (Lipinski definition) is 4. The molecule has 4 N–H and O–H groups in total. The van der Waals surface area contributed by atoms with Crippen LogP contribution in [-0.2, 0) is 4.79 Å². The maximum absolute atomic E-state index is 12.5. The van der Waals surface area contributed by atoms with Crippen LogP contribution >= 0.6 is 0 Å². The molecule has 0 aromatic carbocycles. The van der Waals surface area contributed by atoms with E-state index in [-0.39, 0.29) is 6.61 Å². The predicted octanol–water partition coefficient (Wildman–Crippen LogP) is 13.6. The molecule has 0 aliphatic rings. The van der Waals surface area contributed by atoms with Crippen molar-refractivity contribution in [3.63, 3.8) is 0 Å². The van der Waals surface area contributed by atoms with E-state index in [1.165, 1.54) is 205 Å². The van der Waals surface area contributed by atoms with E-state index in [0.717, 1.165) is 32.1 Å². The molecule has 0 rings (SSSR count). The molecule has 5 nitrogen and oxygen atoms in total. The summed E-state index contributed by atoms with van der Waals surface area (Å²) in [6.07, 6.45) is 51.1. The maximum Gasteiger partial charge on any atom is 0.249 e. The Hall–Kier alpha value is -0.910. The highest BCUT2D eigenvalue weighted by molar-refractivity contribution is 5.80. The van der Waals surface area contributed by atoms with Crippen molar-refractivity contribution < 1.29 is 20.1 Å². The molecule has 0 aliphatic heterocycles. The van der Waals surface area contributed by atoms with Gasteiger partial charge in [0, 0.05) is 0 Å². The molecular weight excluding hydrogens is 643 g/mol. The van der Waals surface area contributed by atoms with Gasteiger partial charge in [-0.3, -0.25) is 4.79 Å². The van der Waals surface area contributed by atoms with Gasteiger partial charge in [0.25, 0.3) is 0 Å². The summed E-state index contributed by atoms with van der Waals surface area (Å²) in [4.78, 5) is 12.5. The molecule has 3 unspecified atom stereocenters. The predicted molar refractivity (Wildman–Crippen MR) is 227 cm³/mol. The Balaban J connectivity index is 3.61. The highest BCUT2D eigenvalue weighted by Crippen LogP contribution is 2.17. The van der Waals surface area contributed by atoms with Gasteiger partial charge in [0.05, 0.1) is 18.8 Å². The van der Waals surface area contributed by atoms with Crippen LogP contribution in [0.5, 0.6) is 0 Å². The van der Waals surface area contributed by atoms with Crippen molar-refractivity contribution >= 4 is 5.91 Å². The van der Waals surface area contributed by atoms with Crippen LogP contribution in [0.2, 0.25) is 0 Å². The van der Waals surface area contributed by atoms with Crippen LogP contribution < -0.4 is 5.32 Å². The van der Waals surface area contributed by atoms with Gasteiger partial charge < -0.3 is 20.6 Å². The van der Waals surface area contributed by atoms with Gasteiger partial charge in [0.1, 0.15) is 6.10 Å². The average molecular weight is 736 g/mol. The lowest BCUT2D eigenvalue weighted by Crippen LogP contribution is -2.48. The summed E-state index contributed by atoms with van der Waals surface area (Å²) >= 11 is 0. The first-order valence-corrected chi connectivity index (χ1v) is 23.5. The zero-order chi connectivity index (χ0) is 38.0. The molecule has 0 aliphatic carbocycles. The number of aliphatic hydroxyl groups excluding tert-OH is 3. The average Bonchev–Trinajstić information content (AvgIpc) is 3.15. The lowest BCUT2D eigenvalue weighted by atomic mass is 10.0. The fraction of sp³-hybridized carbons (Fsp3) is 0.936. The Morgan fingerprint density at radius 1 is 0.462 bits per heavy atom. The van der Waals surface area contributed by atoms with Gasteiger partial charge in [-0.05, 0) is 19.3 Å². The van der Waals surface area contributed by atoms with Gasteiger partial charge in [-0.25, -0.2) is 0 Å². The maximum atomic E-state index is 12.5. The number of aliphatic hydroxyl groups is 3. The summed E-state index contributed by atoms with van der Waals surface area (Å²) in [6.45, 7) is 4.20. The van der Waals surface area contributed by atoms with Crippen molar-refractivity contribution in [1.82, 2.24) is 5.32 Å². The molecule has 0 spiro atoms. The van der Waals surface area contributed by atoms with E-state index < -0.39 is 24.2 Å². The largest absolute Gasteiger partial charge is 0.394 e. The van der Waals surface area contributed by atoms with Crippen LogP contribution in [0.4, 0.5) is 0 Å². The molecule has 52 heavy (non-hydrogen) atoms. The Kier molecular flexibility index (Phi) is 42.1. The molecular formula is C47H93NO4. The number of allylic oxidation sites excluding steroid dienone is 1. The summed E-state index contributed by atoms with van der Waals surface area (Å²) in [5.74, 6) is -0.498. The first-order valence-electron chi connectivity index (χ1n) is 23.5. The second-order valence-electron chi connectivity index (χ2n) is 16.3. The van der Waals surface area contributed by atoms with Crippen molar-refractivity contribution in [2.45, 2.75) is 276 Å². The third kappa shape index (κ3) is 37.4. The van der Waals surface area contributed by atoms with Crippen LogP contribution in [0, 0.1) is 0 Å². The fourth-order valence-corrected chi connectivity index (χ4v) is 7.42. The minimum Gasteiger partial charge on any atom is -0.394 e. The van der Waals surface area contributed by atoms with Gasteiger partial charge in [-0.2, -0.15) is 0 Å². The fourth-order valence-electron chi connectivity index (χ4n) is 7.42. The highest BCUT2D eigenvalue weighted by Gasteiger charge is 2.22. The molecule has 3 atom stereocenters. The van der Waals surface area contributed by atoms with Gasteiger partial charge >= 0.3 is 0 Å². The molecule has 0 saturated carbocycles. The molecule has 310 valence electrons. The second kappa shape index (κ2) is 42.8. The smallest absolute Gasteiger partial charge is 0.249 e. The molecule has 0 bridgehead atoms. The molecule has 0 radical (unpaired) electrons. The van der Waals surface area contributed by atoms with E-state index >= 15 is 0 Å². The van der Waals surface area contributed by atoms with Crippen molar-refractivity contribution in [3.8, 4) is 0 Å². The van der Waals surface area contributed by atoms with Crippen molar-refractivity contribution in [3.05, 3.63) is 12.2 Å². The number of carbonyl (C=O) groups excluding carboxylic acids is 1. The van der Waals surface area contributed by atoms with Crippen LogP contribution in [0.3, 0.4) is 0 Å². The lowest BCUT2D eigenvalue weighted by molar-refractivity contribution is -0.131. The van der Waals surface area contributed by atoms with Gasteiger partial charge in [0.2, 0.25) is 5.91 Å². The Morgan fingerprint density at radius 2 is 0.750 bits per heavy atom. The third-order valence-electron chi connectivity index (χ3n) is 11.1. The first kappa shape index (κ1) is 51.1. The number of hydrogen-bond acceptors (Lipinski definition) is 4. The Morgan fingerprint density at radius 3 is 1.06 bits per heavy atom. The van der Waals surface area contributed by atoms with Crippen LogP contribution in [0.25, 0.3) is 0 Å². The minimum atomic E-state index is -1.09. The monoisotopic (exact) mass is 736 g/mol. The number of carbonyl (C=O) groups is 1. The molecule has 0 fully saturated rings. The summed E-state index contributed by atoms with van der Waals surface area (Å²) in [6, 6.07) is -0.792. The van der Waals surface area contributed by atoms with Crippen molar-refractivity contribution in [2.24, 2.45) is 0 Å². The quantitative estimate of drug-likeness (QED) is 0.0371. The summed E-state index contributed by atoms with van der Waals surface area (Å²) < 4.78 is 0. The minimum absolute atomic E-state index is 0.359. The van der Waals surface area contributed by atoms with Crippen LogP contribution in [0.15, 0.2) is 12.2 Å². The summed E-state index contributed by atoms with van der Waals surface area (Å²) in [5.41, 5.74) is 0. The third-order valence-corrected chi connectivity index (χ3v) is 11.1. The topological polar surface area (TPSA) is 89.8 Å². The van der Waals surface area contributed by atoms with Gasteiger partial charge in [-0.15, -0.1) is 0 Å². The van der Waals surface area contributed by atoms with Crippen molar-refractivity contribution in [1.29, 1.82) is 0 Å². The number of nitrogens with one attached hydrogen (secondary N) is 1. The second-order valence-corrected chi connectivity index (χ2v) is 16.3. The summed E-state index contributed by atoms with van der Waals surface area (Å²) in [5, 5.41) is 33.2. The van der Waals surface area contributed by atoms with E-state index in [4.69, 9.17) is 0 Å². The number of rotatable bonds is 43. The zero-order valence-electron chi connectivity index (χ0n) is 35.2. The molecule has 0 heterocycles. The standard InChI is InChI=1S/C47H93NO4/c1-3-5-7-9-11-13-15-17-19-21-22-23-24-26-28-30-32-34-36-38-40-42-46(51)47(52)48-44(43-49)45(50)41-39-37-35-33-31-29-27-25-20-18-16-14-12-10-8-6-4-2/h39,41,44-46,49-51H,3-38,40,42-43H2,1-2H3,(H,48,52)/b41-39+. The molecule has 0 aromatic heterocycles. The Bertz CT molecular complexity index is 728. The highest BCUT2D eigenvalue weighted by atomic mass is 16.3. The van der Waals surface area contributed by atoms with E-state index in [2.05, 4.69) is 19.2 Å². The van der Waals surface area contributed by atoms with Crippen LogP contribution in [0.1, 0.15) is 258 Å². The van der Waals surface area contributed by atoms with Crippen molar-refractivity contribution in [2.75, 3.05) is 6.61 Å². The molecule has 1 amide bonds. The molecule has 0 aromatic rings. The molecule has 0 saturated heterocycles. The number of unbranched alkanes of at least 4 members (excludes halogenated alkanes) is 35. The normalized spacial score (nSPS) is 13.6. The van der Waals surface area contributed by atoms with E-state index in [0.29, 0.717) is 6.42 Å². The SMILES string of the molecule is CCCCCCCCCCCCCCCCC/C=C/C(O)C(CO)NC(=O)C(O)CCCCCCCCCCCCCCCCCCCCCCC. The van der Waals surface area contributed by atoms with Gasteiger partial charge in [-0.1, -0.05) is 251 Å². The first-order chi connectivity index (χ1) is 25.6. The van der Waals surface area contributed by atoms with Gasteiger partial charge in [0.15, 0.2) is 0 Å². The Labute approximate surface area is 325 Å². The van der Waals surface area contributed by atoms with E-state index in [1.54, 1.807) is 6.08 Å². The lowest BCUT2D eigenvalue weighted by Gasteiger charge is -2.21. The molecule has 5 heteroatoms. The number of amides is 1. The zero-order valence-corrected chi connectivity index (χ0v) is 35.2. The van der Waals surface area contributed by atoms with E-state index in [1.807, 2.05) is 6.08 Å². The van der Waals surface area contributed by atoms with Crippen LogP contribution in [-0.4, -0.2) is 46.1 Å². The summed E-state index contributed by atoms with van der Waals surface area (Å²) in [7, 11) is 0.